The Hall–Kier alpha value is -4.77. The van der Waals surface area contributed by atoms with E-state index in [9.17, 15) is 0 Å². The molecule has 0 aromatic heterocycles. The Balaban J connectivity index is 1.52. The lowest BCUT2D eigenvalue weighted by atomic mass is 9.93. The molecule has 0 radical (unpaired) electrons. The molecule has 0 bridgehead atoms. The van der Waals surface area contributed by atoms with Gasteiger partial charge in [0.25, 0.3) is 0 Å². The van der Waals surface area contributed by atoms with E-state index in [1.54, 1.807) is 0 Å². The van der Waals surface area contributed by atoms with Crippen LogP contribution in [0.25, 0.3) is 33.4 Å². The van der Waals surface area contributed by atoms with Crippen molar-refractivity contribution < 1.29 is 13.7 Å². The number of fused-ring (bicyclic) bond motifs is 12. The van der Waals surface area contributed by atoms with E-state index >= 15 is 13.7 Å². The Kier molecular flexibility index (Phi) is 5.82. The van der Waals surface area contributed by atoms with Gasteiger partial charge in [-0.25, -0.2) is 0 Å². The second-order valence-electron chi connectivity index (χ2n) is 12.6. The Bertz CT molecular complexity index is 2330. The molecule has 0 spiro atoms. The minimum atomic E-state index is -3.56. The third-order valence-corrected chi connectivity index (χ3v) is 19.8. The topological polar surface area (TPSA) is 51.2 Å². The lowest BCUT2D eigenvalue weighted by molar-refractivity contribution is 0.592. The van der Waals surface area contributed by atoms with Gasteiger partial charge in [-0.2, -0.15) is 0 Å². The summed E-state index contributed by atoms with van der Waals surface area (Å²) in [6.45, 7) is 0. The van der Waals surface area contributed by atoms with Crippen molar-refractivity contribution in [2.75, 3.05) is 0 Å². The van der Waals surface area contributed by atoms with Gasteiger partial charge >= 0.3 is 0 Å². The maximum absolute atomic E-state index is 16.4. The third-order valence-electron chi connectivity index (χ3n) is 10.3. The van der Waals surface area contributed by atoms with Gasteiger partial charge in [0.1, 0.15) is 0 Å². The van der Waals surface area contributed by atoms with Crippen LogP contribution in [-0.2, 0) is 13.7 Å². The molecule has 48 heavy (non-hydrogen) atoms. The van der Waals surface area contributed by atoms with Crippen molar-refractivity contribution in [2.45, 2.75) is 0 Å². The van der Waals surface area contributed by atoms with Crippen LogP contribution in [-0.4, -0.2) is 0 Å². The minimum absolute atomic E-state index is 0.661. The van der Waals surface area contributed by atoms with Crippen molar-refractivity contribution in [3.63, 3.8) is 0 Å². The van der Waals surface area contributed by atoms with Crippen LogP contribution in [0.1, 0.15) is 0 Å². The molecule has 3 nitrogen and oxygen atoms in total. The average molecular weight is 673 g/mol. The van der Waals surface area contributed by atoms with E-state index in [0.29, 0.717) is 31.8 Å². The van der Waals surface area contributed by atoms with Crippen molar-refractivity contribution in [3.05, 3.63) is 164 Å². The zero-order valence-electron chi connectivity index (χ0n) is 25.7. The molecule has 3 atom stereocenters. The molecular formula is C42H27O3P3. The summed E-state index contributed by atoms with van der Waals surface area (Å²) in [7, 11) is -10.7. The lowest BCUT2D eigenvalue weighted by Crippen LogP contribution is -2.32. The van der Waals surface area contributed by atoms with Gasteiger partial charge in [-0.1, -0.05) is 164 Å². The van der Waals surface area contributed by atoms with E-state index in [0.717, 1.165) is 49.3 Å². The monoisotopic (exact) mass is 672 g/mol. The van der Waals surface area contributed by atoms with E-state index < -0.39 is 21.4 Å². The minimum Gasteiger partial charge on any atom is -0.309 e. The largest absolute Gasteiger partial charge is 0.309 e. The highest BCUT2D eigenvalue weighted by atomic mass is 31.2. The zero-order chi connectivity index (χ0) is 32.3. The van der Waals surface area contributed by atoms with Crippen LogP contribution >= 0.6 is 21.4 Å². The van der Waals surface area contributed by atoms with Crippen molar-refractivity contribution in [1.29, 1.82) is 0 Å². The van der Waals surface area contributed by atoms with Gasteiger partial charge in [-0.05, 0) is 16.7 Å². The molecule has 0 N–H and O–H groups in total. The van der Waals surface area contributed by atoms with E-state index in [-0.39, 0.29) is 0 Å². The van der Waals surface area contributed by atoms with Crippen LogP contribution in [0.15, 0.2) is 164 Å². The fraction of sp³-hybridized carbons (Fsp3) is 0. The smallest absolute Gasteiger partial charge is 0.172 e. The normalized spacial score (nSPS) is 22.2. The van der Waals surface area contributed by atoms with Crippen LogP contribution in [0.3, 0.4) is 0 Å². The van der Waals surface area contributed by atoms with Crippen molar-refractivity contribution in [2.24, 2.45) is 0 Å². The summed E-state index contributed by atoms with van der Waals surface area (Å²) in [4.78, 5) is 0. The summed E-state index contributed by atoms with van der Waals surface area (Å²) in [5.74, 6) is 0. The summed E-state index contributed by atoms with van der Waals surface area (Å²) < 4.78 is 49.3. The molecule has 3 heterocycles. The maximum Gasteiger partial charge on any atom is 0.172 e. The van der Waals surface area contributed by atoms with Crippen LogP contribution in [0.2, 0.25) is 0 Å². The molecule has 0 saturated carbocycles. The van der Waals surface area contributed by atoms with Crippen molar-refractivity contribution in [3.8, 4) is 33.4 Å². The van der Waals surface area contributed by atoms with Gasteiger partial charge in [0, 0.05) is 64.4 Å². The highest BCUT2D eigenvalue weighted by Gasteiger charge is 2.56. The molecule has 0 amide bonds. The Morgan fingerprint density at radius 1 is 0.271 bits per heavy atom. The van der Waals surface area contributed by atoms with E-state index in [4.69, 9.17) is 0 Å². The molecule has 0 fully saturated rings. The van der Waals surface area contributed by atoms with Gasteiger partial charge in [0.05, 0.1) is 0 Å². The summed E-state index contributed by atoms with van der Waals surface area (Å²) in [6, 6.07) is 52.7. The lowest BCUT2D eigenvalue weighted by Gasteiger charge is -2.25. The van der Waals surface area contributed by atoms with Crippen LogP contribution in [0.5, 0.6) is 0 Å². The van der Waals surface area contributed by atoms with Gasteiger partial charge in [0.15, 0.2) is 21.4 Å². The molecule has 0 saturated heterocycles. The van der Waals surface area contributed by atoms with E-state index in [2.05, 4.69) is 0 Å². The number of hydrogen-bond acceptors (Lipinski definition) is 3. The Morgan fingerprint density at radius 3 is 0.771 bits per heavy atom. The number of rotatable bonds is 3. The molecule has 10 rings (SSSR count). The molecular weight excluding hydrogens is 645 g/mol. The number of benzene rings is 7. The quantitative estimate of drug-likeness (QED) is 0.200. The molecule has 6 heteroatoms. The highest BCUT2D eigenvalue weighted by Crippen LogP contribution is 2.65. The van der Waals surface area contributed by atoms with Gasteiger partial charge < -0.3 is 13.7 Å². The fourth-order valence-electron chi connectivity index (χ4n) is 8.38. The Labute approximate surface area is 279 Å². The van der Waals surface area contributed by atoms with E-state index in [1.807, 2.05) is 164 Å². The predicted octanol–water partition coefficient (Wildman–Crippen LogP) is 6.55. The van der Waals surface area contributed by atoms with Crippen LogP contribution in [0.4, 0.5) is 0 Å². The fourth-order valence-corrected chi connectivity index (χ4v) is 18.5. The summed E-state index contributed by atoms with van der Waals surface area (Å²) in [5.41, 5.74) is 4.81. The molecule has 7 aromatic carbocycles. The second kappa shape index (κ2) is 9.88. The third kappa shape index (κ3) is 3.30. The maximum atomic E-state index is 16.4. The van der Waals surface area contributed by atoms with Crippen LogP contribution in [0, 0.1) is 0 Å². The van der Waals surface area contributed by atoms with Gasteiger partial charge in [-0.3, -0.25) is 0 Å². The van der Waals surface area contributed by atoms with Crippen molar-refractivity contribution in [1.82, 2.24) is 0 Å². The summed E-state index contributed by atoms with van der Waals surface area (Å²) in [5, 5.41) is 6.31. The van der Waals surface area contributed by atoms with Crippen LogP contribution < -0.4 is 47.7 Å². The van der Waals surface area contributed by atoms with Gasteiger partial charge in [0.2, 0.25) is 0 Å². The molecule has 228 valence electrons. The SMILES string of the molecule is O=[P@]1(c2ccccc2)c2ccccc2-c2c1c1c(c3c2[P@@](=O)(c2ccccc2)c2ccccc2-3)[P@@](=O)(c2ccccc2)c2ccccc2-1. The summed E-state index contributed by atoms with van der Waals surface area (Å²) >= 11 is 0. The second-order valence-corrected chi connectivity index (χ2v) is 20.5. The predicted molar refractivity (Wildman–Crippen MR) is 202 cm³/mol. The standard InChI is InChI=1S/C42H27O3P3/c43-46(28-16-4-1-5-17-28)34-25-13-10-22-31(34)37-40(46)38-32-23-11-14-26-35(32)47(44,29-18-6-2-7-19-29)42(38)39-33-24-12-15-27-36(33)48(45,41(37)39)30-20-8-3-9-21-30/h1-27H/t46-,47-,48-/m1/s1. The Morgan fingerprint density at radius 2 is 0.500 bits per heavy atom. The first-order valence-corrected chi connectivity index (χ1v) is 21.1. The first kappa shape index (κ1) is 28.3. The zero-order valence-corrected chi connectivity index (χ0v) is 28.3. The average Bonchev–Trinajstić information content (AvgIpc) is 3.70. The molecule has 0 unspecified atom stereocenters. The number of hydrogen-bond donors (Lipinski definition) is 0. The first-order valence-electron chi connectivity index (χ1n) is 16.0. The molecule has 3 aliphatic heterocycles. The van der Waals surface area contributed by atoms with Gasteiger partial charge in [-0.15, -0.1) is 0 Å². The molecule has 7 aromatic rings. The van der Waals surface area contributed by atoms with Crippen molar-refractivity contribution >= 4 is 69.2 Å². The highest BCUT2D eigenvalue weighted by molar-refractivity contribution is 7.90. The molecule has 0 aliphatic carbocycles. The van der Waals surface area contributed by atoms with E-state index in [1.165, 1.54) is 0 Å². The summed E-state index contributed by atoms with van der Waals surface area (Å²) in [6.07, 6.45) is 0. The first-order chi connectivity index (χ1) is 23.5. The molecule has 3 aliphatic rings.